The second-order valence-electron chi connectivity index (χ2n) is 8.38. The molecule has 1 aromatic carbocycles. The lowest BCUT2D eigenvalue weighted by molar-refractivity contribution is -0.137. The van der Waals surface area contributed by atoms with Crippen molar-refractivity contribution in [1.29, 1.82) is 5.26 Å². The first-order valence-corrected chi connectivity index (χ1v) is 11.3. The average Bonchev–Trinajstić information content (AvgIpc) is 2.85. The summed E-state index contributed by atoms with van der Waals surface area (Å²) in [6.45, 7) is 3.24. The van der Waals surface area contributed by atoms with Crippen molar-refractivity contribution in [2.24, 2.45) is 7.05 Å². The lowest BCUT2D eigenvalue weighted by Gasteiger charge is -2.39. The largest absolute Gasteiger partial charge is 0.416 e. The highest BCUT2D eigenvalue weighted by atomic mass is 19.4. The summed E-state index contributed by atoms with van der Waals surface area (Å²) >= 11 is 0. The third-order valence-electron chi connectivity index (χ3n) is 6.12. The van der Waals surface area contributed by atoms with E-state index in [1.165, 1.54) is 16.7 Å². The second-order valence-corrected chi connectivity index (χ2v) is 8.38. The lowest BCUT2D eigenvalue weighted by Crippen LogP contribution is -2.49. The van der Waals surface area contributed by atoms with Gasteiger partial charge in [-0.05, 0) is 43.2 Å². The van der Waals surface area contributed by atoms with Crippen LogP contribution in [0.3, 0.4) is 0 Å². The minimum Gasteiger partial charge on any atom is -0.374 e. The first-order chi connectivity index (χ1) is 16.7. The van der Waals surface area contributed by atoms with Crippen LogP contribution in [0.2, 0.25) is 0 Å². The minimum absolute atomic E-state index is 0.0278. The molecule has 1 aliphatic heterocycles. The molecule has 0 spiro atoms. The van der Waals surface area contributed by atoms with E-state index in [1.807, 2.05) is 17.9 Å². The molecule has 0 saturated carbocycles. The third-order valence-corrected chi connectivity index (χ3v) is 6.12. The molecule has 0 radical (unpaired) electrons. The number of aryl methyl sites for hydroxylation is 1. The zero-order valence-electron chi connectivity index (χ0n) is 19.4. The molecule has 10 heteroatoms. The quantitative estimate of drug-likeness (QED) is 0.524. The Kier molecular flexibility index (Phi) is 7.10. The summed E-state index contributed by atoms with van der Waals surface area (Å²) < 4.78 is 52.5. The number of hydrogen-bond donors (Lipinski definition) is 0. The average molecular weight is 486 g/mol. The molecule has 184 valence electrons. The minimum atomic E-state index is -4.41. The first-order valence-electron chi connectivity index (χ1n) is 11.3. The Bertz CT molecular complexity index is 1320. The predicted molar refractivity (Wildman–Crippen MR) is 124 cm³/mol. The van der Waals surface area contributed by atoms with Gasteiger partial charge in [-0.15, -0.1) is 0 Å². The molecule has 3 aromatic rings. The van der Waals surface area contributed by atoms with Crippen LogP contribution in [0, 0.1) is 11.3 Å². The van der Waals surface area contributed by atoms with E-state index in [0.29, 0.717) is 48.4 Å². The van der Waals surface area contributed by atoms with Crippen LogP contribution in [0.4, 0.5) is 18.9 Å². The first kappa shape index (κ1) is 24.7. The standard InChI is InChI=1S/C25H25F3N4O3/c1-3-34-22-14-32(20-12-23(33)31(2)19-8-7-18(13-29)30-24(19)20)10-9-21(22)35-15-16-5-4-6-17(11-16)25(26,27)28/h4-8,11-12,21-22H,3,9-10,14-15H2,1-2H3/t21-,22+/m1/s1. The molecule has 3 heterocycles. The number of ether oxygens (including phenoxy) is 2. The second kappa shape index (κ2) is 10.1. The zero-order chi connectivity index (χ0) is 25.2. The van der Waals surface area contributed by atoms with Crippen LogP contribution in [-0.4, -0.2) is 41.5 Å². The number of fused-ring (bicyclic) bond motifs is 1. The van der Waals surface area contributed by atoms with Gasteiger partial charge in [0, 0.05) is 32.8 Å². The van der Waals surface area contributed by atoms with Gasteiger partial charge in [0.05, 0.1) is 29.5 Å². The van der Waals surface area contributed by atoms with Crippen molar-refractivity contribution in [1.82, 2.24) is 9.55 Å². The Morgan fingerprint density at radius 1 is 1.17 bits per heavy atom. The summed E-state index contributed by atoms with van der Waals surface area (Å²) in [7, 11) is 1.65. The van der Waals surface area contributed by atoms with Crippen molar-refractivity contribution in [3.63, 3.8) is 0 Å². The van der Waals surface area contributed by atoms with Crippen LogP contribution in [0.15, 0.2) is 47.3 Å². The number of nitrogens with zero attached hydrogens (tertiary/aromatic N) is 4. The Labute approximate surface area is 200 Å². The maximum Gasteiger partial charge on any atom is 0.416 e. The maximum atomic E-state index is 13.0. The van der Waals surface area contributed by atoms with Crippen LogP contribution < -0.4 is 10.5 Å². The molecule has 4 rings (SSSR count). The number of halogens is 3. The van der Waals surface area contributed by atoms with Crippen molar-refractivity contribution in [2.75, 3.05) is 24.6 Å². The van der Waals surface area contributed by atoms with Gasteiger partial charge in [-0.1, -0.05) is 12.1 Å². The molecule has 0 unspecified atom stereocenters. The van der Waals surface area contributed by atoms with Crippen molar-refractivity contribution < 1.29 is 22.6 Å². The molecule has 1 aliphatic rings. The molecule has 7 nitrogen and oxygen atoms in total. The molecule has 0 N–H and O–H groups in total. The van der Waals surface area contributed by atoms with E-state index in [1.54, 1.807) is 25.2 Å². The lowest BCUT2D eigenvalue weighted by atomic mass is 10.0. The van der Waals surface area contributed by atoms with E-state index in [9.17, 15) is 23.2 Å². The Morgan fingerprint density at radius 2 is 1.97 bits per heavy atom. The fraction of sp³-hybridized carbons (Fsp3) is 0.400. The van der Waals surface area contributed by atoms with Crippen molar-refractivity contribution in [2.45, 2.75) is 38.3 Å². The van der Waals surface area contributed by atoms with Gasteiger partial charge in [-0.3, -0.25) is 4.79 Å². The summed E-state index contributed by atoms with van der Waals surface area (Å²) in [5.74, 6) is 0. The molecule has 1 fully saturated rings. The number of rotatable bonds is 6. The van der Waals surface area contributed by atoms with Gasteiger partial charge in [-0.2, -0.15) is 18.4 Å². The van der Waals surface area contributed by atoms with Gasteiger partial charge < -0.3 is 18.9 Å². The number of alkyl halides is 3. The van der Waals surface area contributed by atoms with Crippen LogP contribution in [-0.2, 0) is 29.3 Å². The molecule has 35 heavy (non-hydrogen) atoms. The van der Waals surface area contributed by atoms with E-state index in [2.05, 4.69) is 4.98 Å². The highest BCUT2D eigenvalue weighted by Gasteiger charge is 2.33. The van der Waals surface area contributed by atoms with Gasteiger partial charge >= 0.3 is 6.18 Å². The van der Waals surface area contributed by atoms with Crippen LogP contribution >= 0.6 is 0 Å². The summed E-state index contributed by atoms with van der Waals surface area (Å²) in [6, 6.07) is 11.9. The van der Waals surface area contributed by atoms with Gasteiger partial charge in [0.1, 0.15) is 23.4 Å². The van der Waals surface area contributed by atoms with Gasteiger partial charge in [-0.25, -0.2) is 4.98 Å². The SMILES string of the molecule is CCO[C@H]1CN(c2cc(=O)n(C)c3ccc(C#N)nc23)CC[C@H]1OCc1cccc(C(F)(F)F)c1. The molecule has 2 atom stereocenters. The number of pyridine rings is 2. The number of piperidine rings is 1. The van der Waals surface area contributed by atoms with Gasteiger partial charge in [0.15, 0.2) is 0 Å². The van der Waals surface area contributed by atoms with Crippen molar-refractivity contribution in [3.05, 3.63) is 69.6 Å². The van der Waals surface area contributed by atoms with Crippen LogP contribution in [0.25, 0.3) is 11.0 Å². The zero-order valence-corrected chi connectivity index (χ0v) is 19.4. The van der Waals surface area contributed by atoms with E-state index in [0.717, 1.165) is 12.1 Å². The van der Waals surface area contributed by atoms with E-state index < -0.39 is 11.7 Å². The molecule has 0 bridgehead atoms. The molecule has 1 saturated heterocycles. The molecule has 0 amide bonds. The number of benzene rings is 1. The van der Waals surface area contributed by atoms with E-state index in [4.69, 9.17) is 9.47 Å². The highest BCUT2D eigenvalue weighted by Crippen LogP contribution is 2.31. The molecule has 0 aliphatic carbocycles. The van der Waals surface area contributed by atoms with E-state index in [-0.39, 0.29) is 30.1 Å². The molecule has 2 aromatic heterocycles. The number of aromatic nitrogens is 2. The summed E-state index contributed by atoms with van der Waals surface area (Å²) in [6.07, 6.45) is -4.57. The molecular formula is C25H25F3N4O3. The topological polar surface area (TPSA) is 80.4 Å². The smallest absolute Gasteiger partial charge is 0.374 e. The fourth-order valence-electron chi connectivity index (χ4n) is 4.33. The molecular weight excluding hydrogens is 461 g/mol. The van der Waals surface area contributed by atoms with Gasteiger partial charge in [0.2, 0.25) is 0 Å². The van der Waals surface area contributed by atoms with E-state index >= 15 is 0 Å². The summed E-state index contributed by atoms with van der Waals surface area (Å²) in [5.41, 5.74) is 1.54. The number of hydrogen-bond acceptors (Lipinski definition) is 6. The van der Waals surface area contributed by atoms with Gasteiger partial charge in [0.25, 0.3) is 5.56 Å². The summed E-state index contributed by atoms with van der Waals surface area (Å²) in [5, 5.41) is 9.29. The normalized spacial score (nSPS) is 18.6. The Morgan fingerprint density at radius 3 is 2.69 bits per heavy atom. The van der Waals surface area contributed by atoms with Crippen molar-refractivity contribution in [3.8, 4) is 6.07 Å². The monoisotopic (exact) mass is 486 g/mol. The highest BCUT2D eigenvalue weighted by molar-refractivity contribution is 5.88. The third kappa shape index (κ3) is 5.31. The number of anilines is 1. The maximum absolute atomic E-state index is 13.0. The van der Waals surface area contributed by atoms with Crippen LogP contribution in [0.5, 0.6) is 0 Å². The Hall–Kier alpha value is -3.42. The Balaban J connectivity index is 1.55. The predicted octanol–water partition coefficient (Wildman–Crippen LogP) is 4.02. The fourth-order valence-corrected chi connectivity index (χ4v) is 4.33. The summed E-state index contributed by atoms with van der Waals surface area (Å²) in [4.78, 5) is 19.0. The van der Waals surface area contributed by atoms with Crippen LogP contribution in [0.1, 0.15) is 30.2 Å². The number of nitriles is 1. The van der Waals surface area contributed by atoms with Crippen molar-refractivity contribution >= 4 is 16.7 Å².